The number of amides is 1. The Morgan fingerprint density at radius 1 is 0.815 bits per heavy atom. The first kappa shape index (κ1) is 18.4. The van der Waals surface area contributed by atoms with Crippen molar-refractivity contribution in [3.8, 4) is 0 Å². The maximum Gasteiger partial charge on any atom is 0.257 e. The first-order valence-electron chi connectivity index (χ1n) is 8.36. The van der Waals surface area contributed by atoms with E-state index in [0.717, 1.165) is 22.6 Å². The van der Waals surface area contributed by atoms with E-state index in [1.54, 1.807) is 12.1 Å². The van der Waals surface area contributed by atoms with Crippen molar-refractivity contribution in [3.63, 3.8) is 0 Å². The number of hydrogen-bond donors (Lipinski definition) is 2. The van der Waals surface area contributed by atoms with Gasteiger partial charge < -0.3 is 5.32 Å². The summed E-state index contributed by atoms with van der Waals surface area (Å²) in [5.74, 6) is -0.249. The number of benzene rings is 3. The maximum absolute atomic E-state index is 12.2. The highest BCUT2D eigenvalue weighted by atomic mass is 32.1. The van der Waals surface area contributed by atoms with E-state index in [0.29, 0.717) is 5.56 Å². The Morgan fingerprint density at radius 2 is 1.41 bits per heavy atom. The molecule has 0 aliphatic heterocycles. The van der Waals surface area contributed by atoms with Crippen molar-refractivity contribution in [2.45, 2.75) is 6.92 Å². The molecule has 5 nitrogen and oxygen atoms in total. The number of nitrogens with zero attached hydrogens (tertiary/aromatic N) is 2. The molecule has 0 radical (unpaired) electrons. The van der Waals surface area contributed by atoms with Gasteiger partial charge in [-0.15, -0.1) is 0 Å². The minimum absolute atomic E-state index is 0.235. The van der Waals surface area contributed by atoms with Crippen LogP contribution in [0.25, 0.3) is 0 Å². The molecule has 2 N–H and O–H groups in total. The van der Waals surface area contributed by atoms with E-state index in [-0.39, 0.29) is 11.0 Å². The molecule has 3 rings (SSSR count). The molecule has 0 spiro atoms. The highest BCUT2D eigenvalue weighted by Gasteiger charge is 2.07. The SMILES string of the molecule is Cc1ccc(C(=O)NC(=S)Nc2ccc(N=Nc3ccccc3)cc2)cc1. The standard InChI is InChI=1S/C21H18N4OS/c1-15-7-9-16(10-8-15)20(26)23-21(27)22-17-11-13-19(14-12-17)25-24-18-5-3-2-4-6-18/h2-14H,1H3,(H2,22,23,26,27). The van der Waals surface area contributed by atoms with Gasteiger partial charge in [0, 0.05) is 11.3 Å². The van der Waals surface area contributed by atoms with E-state index in [2.05, 4.69) is 20.9 Å². The number of carbonyl (C=O) groups excluding carboxylic acids is 1. The lowest BCUT2D eigenvalue weighted by Gasteiger charge is -2.09. The Kier molecular flexibility index (Phi) is 6.02. The molecule has 1 amide bonds. The average Bonchev–Trinajstić information content (AvgIpc) is 2.68. The molecule has 0 aromatic heterocycles. The second-order valence-corrected chi connectivity index (χ2v) is 6.26. The zero-order chi connectivity index (χ0) is 19.1. The average molecular weight is 374 g/mol. The van der Waals surface area contributed by atoms with Crippen molar-refractivity contribution in [2.24, 2.45) is 10.2 Å². The molecular formula is C21H18N4OS. The Bertz CT molecular complexity index is 952. The molecule has 0 saturated heterocycles. The van der Waals surface area contributed by atoms with Gasteiger partial charge in [0.05, 0.1) is 11.4 Å². The highest BCUT2D eigenvalue weighted by Crippen LogP contribution is 2.20. The van der Waals surface area contributed by atoms with E-state index < -0.39 is 0 Å². The van der Waals surface area contributed by atoms with Gasteiger partial charge in [-0.3, -0.25) is 10.1 Å². The first-order chi connectivity index (χ1) is 13.1. The van der Waals surface area contributed by atoms with Gasteiger partial charge in [0.25, 0.3) is 5.91 Å². The Hall–Kier alpha value is -3.38. The number of rotatable bonds is 4. The summed E-state index contributed by atoms with van der Waals surface area (Å²) in [6.07, 6.45) is 0. The summed E-state index contributed by atoms with van der Waals surface area (Å²) in [5.41, 5.74) is 3.92. The molecule has 0 aliphatic rings. The first-order valence-corrected chi connectivity index (χ1v) is 8.77. The van der Waals surface area contributed by atoms with E-state index in [1.807, 2.05) is 73.7 Å². The summed E-state index contributed by atoms with van der Waals surface area (Å²) in [5, 5.41) is 14.2. The molecule has 134 valence electrons. The molecule has 0 bridgehead atoms. The largest absolute Gasteiger partial charge is 0.332 e. The van der Waals surface area contributed by atoms with Gasteiger partial charge in [-0.25, -0.2) is 0 Å². The van der Waals surface area contributed by atoms with Crippen LogP contribution in [-0.4, -0.2) is 11.0 Å². The summed E-state index contributed by atoms with van der Waals surface area (Å²) >= 11 is 5.20. The van der Waals surface area contributed by atoms with Crippen LogP contribution in [0.4, 0.5) is 17.1 Å². The van der Waals surface area contributed by atoms with Gasteiger partial charge >= 0.3 is 0 Å². The van der Waals surface area contributed by atoms with Crippen molar-refractivity contribution in [1.82, 2.24) is 5.32 Å². The molecule has 0 aliphatic carbocycles. The number of anilines is 1. The van der Waals surface area contributed by atoms with E-state index in [1.165, 1.54) is 0 Å². The minimum Gasteiger partial charge on any atom is -0.332 e. The monoisotopic (exact) mass is 374 g/mol. The fourth-order valence-corrected chi connectivity index (χ4v) is 2.47. The van der Waals surface area contributed by atoms with Crippen LogP contribution in [0.3, 0.4) is 0 Å². The lowest BCUT2D eigenvalue weighted by Crippen LogP contribution is -2.34. The molecule has 3 aromatic carbocycles. The fraction of sp³-hybridized carbons (Fsp3) is 0.0476. The number of carbonyl (C=O) groups is 1. The fourth-order valence-electron chi connectivity index (χ4n) is 2.26. The van der Waals surface area contributed by atoms with Crippen LogP contribution in [0.1, 0.15) is 15.9 Å². The van der Waals surface area contributed by atoms with Crippen LogP contribution in [0.15, 0.2) is 89.1 Å². The zero-order valence-corrected chi connectivity index (χ0v) is 15.5. The lowest BCUT2D eigenvalue weighted by atomic mass is 10.1. The topological polar surface area (TPSA) is 65.8 Å². The van der Waals surface area contributed by atoms with Gasteiger partial charge in [0.1, 0.15) is 0 Å². The second-order valence-electron chi connectivity index (χ2n) is 5.86. The molecular weight excluding hydrogens is 356 g/mol. The third-order valence-electron chi connectivity index (χ3n) is 3.70. The third kappa shape index (κ3) is 5.55. The lowest BCUT2D eigenvalue weighted by molar-refractivity contribution is 0.0977. The number of thiocarbonyl (C=S) groups is 1. The van der Waals surface area contributed by atoms with E-state index >= 15 is 0 Å². The van der Waals surface area contributed by atoms with Crippen LogP contribution >= 0.6 is 12.2 Å². The quantitative estimate of drug-likeness (QED) is 0.466. The maximum atomic E-state index is 12.2. The summed E-state index contributed by atoms with van der Waals surface area (Å²) in [4.78, 5) is 12.2. The third-order valence-corrected chi connectivity index (χ3v) is 3.91. The van der Waals surface area contributed by atoms with Crippen molar-refractivity contribution in [3.05, 3.63) is 90.0 Å². The highest BCUT2D eigenvalue weighted by molar-refractivity contribution is 7.80. The zero-order valence-electron chi connectivity index (χ0n) is 14.7. The number of aryl methyl sites for hydroxylation is 1. The molecule has 0 unspecified atom stereocenters. The summed E-state index contributed by atoms with van der Waals surface area (Å²) < 4.78 is 0. The van der Waals surface area contributed by atoms with Crippen LogP contribution in [-0.2, 0) is 0 Å². The molecule has 0 heterocycles. The van der Waals surface area contributed by atoms with E-state index in [9.17, 15) is 4.79 Å². The number of hydrogen-bond acceptors (Lipinski definition) is 4. The summed E-state index contributed by atoms with van der Waals surface area (Å²) in [6, 6.07) is 24.1. The molecule has 0 fully saturated rings. The van der Waals surface area contributed by atoms with Gasteiger partial charge in [0.15, 0.2) is 5.11 Å². The molecule has 0 saturated carbocycles. The van der Waals surface area contributed by atoms with Crippen LogP contribution in [0.5, 0.6) is 0 Å². The predicted molar refractivity (Wildman–Crippen MR) is 112 cm³/mol. The van der Waals surface area contributed by atoms with Gasteiger partial charge in [-0.05, 0) is 67.7 Å². The molecule has 27 heavy (non-hydrogen) atoms. The summed E-state index contributed by atoms with van der Waals surface area (Å²) in [7, 11) is 0. The van der Waals surface area contributed by atoms with Gasteiger partial charge in [0.2, 0.25) is 0 Å². The van der Waals surface area contributed by atoms with Crippen molar-refractivity contribution in [2.75, 3.05) is 5.32 Å². The van der Waals surface area contributed by atoms with Gasteiger partial charge in [-0.1, -0.05) is 35.9 Å². The minimum atomic E-state index is -0.249. The Balaban J connectivity index is 1.56. The molecule has 6 heteroatoms. The van der Waals surface area contributed by atoms with Gasteiger partial charge in [-0.2, -0.15) is 10.2 Å². The number of nitrogens with one attached hydrogen (secondary N) is 2. The van der Waals surface area contributed by atoms with E-state index in [4.69, 9.17) is 12.2 Å². The second kappa shape index (κ2) is 8.82. The molecule has 3 aromatic rings. The Morgan fingerprint density at radius 3 is 2.04 bits per heavy atom. The van der Waals surface area contributed by atoms with Crippen LogP contribution < -0.4 is 10.6 Å². The van der Waals surface area contributed by atoms with Crippen LogP contribution in [0.2, 0.25) is 0 Å². The normalized spacial score (nSPS) is 10.6. The van der Waals surface area contributed by atoms with Crippen molar-refractivity contribution < 1.29 is 4.79 Å². The summed E-state index contributed by atoms with van der Waals surface area (Å²) in [6.45, 7) is 1.97. The number of azo groups is 1. The molecule has 0 atom stereocenters. The predicted octanol–water partition coefficient (Wildman–Crippen LogP) is 5.54. The Labute approximate surface area is 163 Å². The van der Waals surface area contributed by atoms with Crippen molar-refractivity contribution in [1.29, 1.82) is 0 Å². The van der Waals surface area contributed by atoms with Crippen molar-refractivity contribution >= 4 is 40.3 Å². The smallest absolute Gasteiger partial charge is 0.257 e. The van der Waals surface area contributed by atoms with Crippen LogP contribution in [0, 0.1) is 6.92 Å².